The second-order valence-electron chi connectivity index (χ2n) is 6.24. The fourth-order valence-corrected chi connectivity index (χ4v) is 3.17. The molecule has 0 spiro atoms. The molecule has 0 aliphatic carbocycles. The highest BCUT2D eigenvalue weighted by Gasteiger charge is 2.23. The minimum Gasteiger partial charge on any atom is -0.456 e. The molecule has 0 fully saturated rings. The molecule has 2 heterocycles. The number of carbonyl (C=O) groups excluding carboxylic acids is 2. The smallest absolute Gasteiger partial charge is 0.306 e. The van der Waals surface area contributed by atoms with Crippen molar-refractivity contribution in [3.63, 3.8) is 0 Å². The van der Waals surface area contributed by atoms with Crippen LogP contribution in [0, 0.1) is 13.8 Å². The van der Waals surface area contributed by atoms with E-state index in [1.165, 1.54) is 0 Å². The molecule has 0 radical (unpaired) electrons. The average Bonchev–Trinajstić information content (AvgIpc) is 2.95. The molecule has 0 bridgehead atoms. The summed E-state index contributed by atoms with van der Waals surface area (Å²) < 4.78 is 10.2. The number of hydrogen-bond acceptors (Lipinski definition) is 5. The van der Waals surface area contributed by atoms with Gasteiger partial charge < -0.3 is 14.2 Å². The zero-order valence-corrected chi connectivity index (χ0v) is 14.6. The van der Waals surface area contributed by atoms with E-state index in [0.29, 0.717) is 18.7 Å². The van der Waals surface area contributed by atoms with Crippen LogP contribution in [0.5, 0.6) is 0 Å². The van der Waals surface area contributed by atoms with Crippen molar-refractivity contribution >= 4 is 17.6 Å². The zero-order valence-electron chi connectivity index (χ0n) is 14.6. The van der Waals surface area contributed by atoms with Crippen LogP contribution in [0.2, 0.25) is 0 Å². The monoisotopic (exact) mass is 342 g/mol. The van der Waals surface area contributed by atoms with Gasteiger partial charge in [-0.1, -0.05) is 23.4 Å². The Labute approximate surface area is 146 Å². The minimum absolute atomic E-state index is 0.183. The van der Waals surface area contributed by atoms with E-state index in [1.807, 2.05) is 38.1 Å². The number of amides is 1. The number of anilines is 1. The van der Waals surface area contributed by atoms with Gasteiger partial charge in [0.25, 0.3) is 5.91 Å². The molecule has 1 aromatic carbocycles. The first-order valence-corrected chi connectivity index (χ1v) is 8.52. The number of nitrogens with zero attached hydrogens (tertiary/aromatic N) is 2. The molecule has 2 aromatic rings. The second kappa shape index (κ2) is 7.51. The second-order valence-corrected chi connectivity index (χ2v) is 6.24. The van der Waals surface area contributed by atoms with Gasteiger partial charge in [0, 0.05) is 24.2 Å². The number of ether oxygens (including phenoxy) is 1. The van der Waals surface area contributed by atoms with Gasteiger partial charge >= 0.3 is 5.97 Å². The Morgan fingerprint density at radius 2 is 2.08 bits per heavy atom. The summed E-state index contributed by atoms with van der Waals surface area (Å²) in [5, 5.41) is 3.86. The lowest BCUT2D eigenvalue weighted by Gasteiger charge is -2.29. The predicted molar refractivity (Wildman–Crippen MR) is 92.4 cm³/mol. The fraction of sp³-hybridized carbons (Fsp3) is 0.421. The van der Waals surface area contributed by atoms with Crippen molar-refractivity contribution in [2.75, 3.05) is 18.1 Å². The first-order chi connectivity index (χ1) is 12.1. The Morgan fingerprint density at radius 3 is 2.84 bits per heavy atom. The molecule has 0 N–H and O–H groups in total. The molecule has 0 saturated carbocycles. The highest BCUT2D eigenvalue weighted by atomic mass is 16.5. The van der Waals surface area contributed by atoms with Crippen molar-refractivity contribution in [3.05, 3.63) is 46.8 Å². The fourth-order valence-electron chi connectivity index (χ4n) is 3.17. The number of esters is 1. The van der Waals surface area contributed by atoms with E-state index in [2.05, 4.69) is 5.16 Å². The maximum absolute atomic E-state index is 12.4. The molecular weight excluding hydrogens is 320 g/mol. The van der Waals surface area contributed by atoms with E-state index in [9.17, 15) is 9.59 Å². The number of para-hydroxylation sites is 1. The van der Waals surface area contributed by atoms with Gasteiger partial charge in [0.1, 0.15) is 5.76 Å². The number of carbonyl (C=O) groups is 2. The summed E-state index contributed by atoms with van der Waals surface area (Å²) in [6, 6.07) is 7.86. The number of rotatable bonds is 5. The average molecular weight is 342 g/mol. The summed E-state index contributed by atoms with van der Waals surface area (Å²) in [4.78, 5) is 26.1. The SMILES string of the molecule is Cc1noc(C)c1CCC(=O)OCC(=O)N1CCCc2ccccc21. The van der Waals surface area contributed by atoms with Gasteiger partial charge in [-0.2, -0.15) is 0 Å². The van der Waals surface area contributed by atoms with Gasteiger partial charge in [-0.3, -0.25) is 9.59 Å². The van der Waals surface area contributed by atoms with Crippen LogP contribution in [0.15, 0.2) is 28.8 Å². The maximum atomic E-state index is 12.4. The Balaban J connectivity index is 1.52. The molecule has 1 aliphatic heterocycles. The van der Waals surface area contributed by atoms with Crippen LogP contribution in [0.3, 0.4) is 0 Å². The lowest BCUT2D eigenvalue weighted by molar-refractivity contribution is -0.147. The Hall–Kier alpha value is -2.63. The normalized spacial score (nSPS) is 13.4. The van der Waals surface area contributed by atoms with Crippen molar-refractivity contribution in [3.8, 4) is 0 Å². The van der Waals surface area contributed by atoms with Crippen molar-refractivity contribution in [2.24, 2.45) is 0 Å². The largest absolute Gasteiger partial charge is 0.456 e. The third-order valence-corrected chi connectivity index (χ3v) is 4.53. The summed E-state index contributed by atoms with van der Waals surface area (Å²) in [6.07, 6.45) is 2.59. The molecular formula is C19H22N2O4. The van der Waals surface area contributed by atoms with Crippen molar-refractivity contribution in [1.82, 2.24) is 5.16 Å². The topological polar surface area (TPSA) is 72.6 Å². The molecule has 0 unspecified atom stereocenters. The lowest BCUT2D eigenvalue weighted by Crippen LogP contribution is -2.38. The molecule has 0 atom stereocenters. The first-order valence-electron chi connectivity index (χ1n) is 8.52. The maximum Gasteiger partial charge on any atom is 0.306 e. The molecule has 25 heavy (non-hydrogen) atoms. The number of fused-ring (bicyclic) bond motifs is 1. The molecule has 6 nitrogen and oxygen atoms in total. The molecule has 3 rings (SSSR count). The van der Waals surface area contributed by atoms with Crippen LogP contribution < -0.4 is 4.90 Å². The van der Waals surface area contributed by atoms with Gasteiger partial charge in [-0.25, -0.2) is 0 Å². The standard InChI is InChI=1S/C19H22N2O4/c1-13-16(14(2)25-20-13)9-10-19(23)24-12-18(22)21-11-5-7-15-6-3-4-8-17(15)21/h3-4,6,8H,5,7,9-12H2,1-2H3. The number of aryl methyl sites for hydroxylation is 3. The summed E-state index contributed by atoms with van der Waals surface area (Å²) >= 11 is 0. The van der Waals surface area contributed by atoms with Crippen LogP contribution in [-0.4, -0.2) is 30.2 Å². The zero-order chi connectivity index (χ0) is 17.8. The van der Waals surface area contributed by atoms with Crippen LogP contribution in [0.4, 0.5) is 5.69 Å². The highest BCUT2D eigenvalue weighted by molar-refractivity contribution is 5.96. The van der Waals surface area contributed by atoms with E-state index >= 15 is 0 Å². The summed E-state index contributed by atoms with van der Waals surface area (Å²) in [5.41, 5.74) is 3.79. The molecule has 6 heteroatoms. The number of aromatic nitrogens is 1. The van der Waals surface area contributed by atoms with Crippen molar-refractivity contribution < 1.29 is 18.8 Å². The predicted octanol–water partition coefficient (Wildman–Crippen LogP) is 2.75. The molecule has 0 saturated heterocycles. The van der Waals surface area contributed by atoms with Gasteiger partial charge in [-0.05, 0) is 44.7 Å². The van der Waals surface area contributed by atoms with Crippen molar-refractivity contribution in [1.29, 1.82) is 0 Å². The Bertz CT molecular complexity index is 762. The summed E-state index contributed by atoms with van der Waals surface area (Å²) in [6.45, 7) is 4.09. The lowest BCUT2D eigenvalue weighted by atomic mass is 10.0. The van der Waals surface area contributed by atoms with Gasteiger partial charge in [0.2, 0.25) is 0 Å². The number of benzene rings is 1. The molecule has 1 aromatic heterocycles. The van der Waals surface area contributed by atoms with Crippen molar-refractivity contribution in [2.45, 2.75) is 39.5 Å². The van der Waals surface area contributed by atoms with Crippen LogP contribution in [0.1, 0.15) is 35.4 Å². The Kier molecular flexibility index (Phi) is 5.16. The Morgan fingerprint density at radius 1 is 1.28 bits per heavy atom. The van der Waals surface area contributed by atoms with E-state index < -0.39 is 5.97 Å². The highest BCUT2D eigenvalue weighted by Crippen LogP contribution is 2.26. The first kappa shape index (κ1) is 17.2. The van der Waals surface area contributed by atoms with Gasteiger partial charge in [0.05, 0.1) is 5.69 Å². The van der Waals surface area contributed by atoms with Crippen LogP contribution >= 0.6 is 0 Å². The molecule has 1 amide bonds. The van der Waals surface area contributed by atoms with Crippen LogP contribution in [0.25, 0.3) is 0 Å². The van der Waals surface area contributed by atoms with E-state index in [-0.39, 0.29) is 18.9 Å². The number of hydrogen-bond donors (Lipinski definition) is 0. The third-order valence-electron chi connectivity index (χ3n) is 4.53. The van der Waals surface area contributed by atoms with Gasteiger partial charge in [0.15, 0.2) is 6.61 Å². The van der Waals surface area contributed by atoms with E-state index in [1.54, 1.807) is 4.90 Å². The quantitative estimate of drug-likeness (QED) is 0.781. The molecule has 132 valence electrons. The summed E-state index contributed by atoms with van der Waals surface area (Å²) in [7, 11) is 0. The molecule has 1 aliphatic rings. The van der Waals surface area contributed by atoms with E-state index in [0.717, 1.165) is 35.3 Å². The third kappa shape index (κ3) is 3.90. The summed E-state index contributed by atoms with van der Waals surface area (Å²) in [5.74, 6) is 0.141. The minimum atomic E-state index is -0.390. The van der Waals surface area contributed by atoms with E-state index in [4.69, 9.17) is 9.26 Å². The van der Waals surface area contributed by atoms with Gasteiger partial charge in [-0.15, -0.1) is 0 Å². The van der Waals surface area contributed by atoms with Crippen LogP contribution in [-0.2, 0) is 27.2 Å².